The molecule has 90 valence electrons. The van der Waals surface area contributed by atoms with E-state index in [0.717, 1.165) is 35.8 Å². The molecule has 0 unspecified atom stereocenters. The number of aromatic nitrogens is 2. The van der Waals surface area contributed by atoms with Crippen LogP contribution in [-0.2, 0) is 17.9 Å². The number of furan rings is 1. The van der Waals surface area contributed by atoms with Crippen LogP contribution < -0.4 is 0 Å². The van der Waals surface area contributed by atoms with Crippen LogP contribution in [0.1, 0.15) is 5.82 Å². The van der Waals surface area contributed by atoms with E-state index in [-0.39, 0.29) is 0 Å². The summed E-state index contributed by atoms with van der Waals surface area (Å²) in [5.41, 5.74) is 3.23. The summed E-state index contributed by atoms with van der Waals surface area (Å²) in [7, 11) is 0. The Hall–Kier alpha value is -2.07. The molecular formula is C14H12N2O2. The summed E-state index contributed by atoms with van der Waals surface area (Å²) in [6.45, 7) is 2.25. The van der Waals surface area contributed by atoms with Crippen LogP contribution in [0.3, 0.4) is 0 Å². The minimum absolute atomic E-state index is 0.602. The van der Waals surface area contributed by atoms with Gasteiger partial charge in [0.15, 0.2) is 0 Å². The standard InChI is InChI=1S/C14H12N2O2/c1-2-13(18-6-1)10-3-4-12-11(8-10)15-14-9-17-7-5-16(12)14/h1-4,6,8H,5,7,9H2. The average Bonchev–Trinajstić information content (AvgIpc) is 3.05. The number of imidazole rings is 1. The van der Waals surface area contributed by atoms with Crippen molar-refractivity contribution in [3.05, 3.63) is 42.4 Å². The van der Waals surface area contributed by atoms with Gasteiger partial charge >= 0.3 is 0 Å². The number of ether oxygens (including phenoxy) is 1. The van der Waals surface area contributed by atoms with Crippen molar-refractivity contribution in [3.8, 4) is 11.3 Å². The van der Waals surface area contributed by atoms with Crippen molar-refractivity contribution < 1.29 is 9.15 Å². The quantitative estimate of drug-likeness (QED) is 0.656. The molecule has 1 aliphatic heterocycles. The molecule has 2 aromatic heterocycles. The van der Waals surface area contributed by atoms with Crippen molar-refractivity contribution in [2.75, 3.05) is 6.61 Å². The maximum absolute atomic E-state index is 5.43. The Morgan fingerprint density at radius 3 is 3.11 bits per heavy atom. The fourth-order valence-corrected chi connectivity index (χ4v) is 2.45. The number of hydrogen-bond acceptors (Lipinski definition) is 3. The SMILES string of the molecule is c1coc(-c2ccc3c(c2)nc2n3CCOC2)c1. The summed E-state index contributed by atoms with van der Waals surface area (Å²) in [5, 5.41) is 0. The van der Waals surface area contributed by atoms with Crippen LogP contribution in [0.4, 0.5) is 0 Å². The monoisotopic (exact) mass is 240 g/mol. The molecule has 18 heavy (non-hydrogen) atoms. The molecule has 0 aliphatic carbocycles. The minimum atomic E-state index is 0.602. The molecule has 0 spiro atoms. The second kappa shape index (κ2) is 3.71. The van der Waals surface area contributed by atoms with E-state index in [1.807, 2.05) is 12.1 Å². The van der Waals surface area contributed by atoms with Crippen LogP contribution in [0.2, 0.25) is 0 Å². The normalized spacial score (nSPS) is 14.9. The molecule has 0 atom stereocenters. The van der Waals surface area contributed by atoms with E-state index in [4.69, 9.17) is 9.15 Å². The van der Waals surface area contributed by atoms with Gasteiger partial charge in [0.25, 0.3) is 0 Å². The first-order valence-corrected chi connectivity index (χ1v) is 6.02. The summed E-state index contributed by atoms with van der Waals surface area (Å²) in [6, 6.07) is 10.1. The first kappa shape index (κ1) is 9.91. The smallest absolute Gasteiger partial charge is 0.136 e. The highest BCUT2D eigenvalue weighted by Crippen LogP contribution is 2.26. The van der Waals surface area contributed by atoms with Crippen LogP contribution in [0.15, 0.2) is 41.0 Å². The highest BCUT2D eigenvalue weighted by molar-refractivity contribution is 5.81. The maximum atomic E-state index is 5.43. The van der Waals surface area contributed by atoms with Gasteiger partial charge in [-0.2, -0.15) is 0 Å². The largest absolute Gasteiger partial charge is 0.464 e. The summed E-state index contributed by atoms with van der Waals surface area (Å²) in [4.78, 5) is 4.62. The predicted molar refractivity (Wildman–Crippen MR) is 67.1 cm³/mol. The van der Waals surface area contributed by atoms with E-state index in [1.165, 1.54) is 5.52 Å². The molecule has 0 saturated heterocycles. The number of rotatable bonds is 1. The molecule has 0 N–H and O–H groups in total. The third-order valence-corrected chi connectivity index (χ3v) is 3.32. The van der Waals surface area contributed by atoms with Crippen LogP contribution in [0.25, 0.3) is 22.4 Å². The van der Waals surface area contributed by atoms with Crippen molar-refractivity contribution in [1.29, 1.82) is 0 Å². The second-order valence-corrected chi connectivity index (χ2v) is 4.41. The first-order chi connectivity index (χ1) is 8.92. The molecule has 0 radical (unpaired) electrons. The molecule has 0 amide bonds. The molecule has 1 aliphatic rings. The van der Waals surface area contributed by atoms with Gasteiger partial charge in [-0.3, -0.25) is 0 Å². The average molecular weight is 240 g/mol. The number of nitrogens with zero attached hydrogens (tertiary/aromatic N) is 2. The highest BCUT2D eigenvalue weighted by atomic mass is 16.5. The minimum Gasteiger partial charge on any atom is -0.464 e. The van der Waals surface area contributed by atoms with E-state index in [1.54, 1.807) is 6.26 Å². The lowest BCUT2D eigenvalue weighted by atomic mass is 10.1. The lowest BCUT2D eigenvalue weighted by molar-refractivity contribution is 0.0830. The van der Waals surface area contributed by atoms with Crippen LogP contribution in [-0.4, -0.2) is 16.2 Å². The third-order valence-electron chi connectivity index (χ3n) is 3.32. The fraction of sp³-hybridized carbons (Fsp3) is 0.214. The number of benzene rings is 1. The fourth-order valence-electron chi connectivity index (χ4n) is 2.45. The zero-order valence-corrected chi connectivity index (χ0v) is 9.80. The number of hydrogen-bond donors (Lipinski definition) is 0. The van der Waals surface area contributed by atoms with E-state index in [2.05, 4.69) is 27.8 Å². The molecule has 0 bridgehead atoms. The van der Waals surface area contributed by atoms with Crippen molar-refractivity contribution in [2.24, 2.45) is 0 Å². The first-order valence-electron chi connectivity index (χ1n) is 6.02. The molecule has 3 aromatic rings. The maximum Gasteiger partial charge on any atom is 0.136 e. The van der Waals surface area contributed by atoms with Crippen molar-refractivity contribution in [1.82, 2.24) is 9.55 Å². The van der Waals surface area contributed by atoms with Crippen molar-refractivity contribution in [2.45, 2.75) is 13.2 Å². The molecule has 3 heterocycles. The molecule has 0 saturated carbocycles. The Kier molecular flexibility index (Phi) is 2.04. The van der Waals surface area contributed by atoms with Crippen LogP contribution >= 0.6 is 0 Å². The topological polar surface area (TPSA) is 40.2 Å². The van der Waals surface area contributed by atoms with Gasteiger partial charge < -0.3 is 13.7 Å². The van der Waals surface area contributed by atoms with Gasteiger partial charge in [0.1, 0.15) is 18.2 Å². The van der Waals surface area contributed by atoms with Crippen molar-refractivity contribution >= 4 is 11.0 Å². The van der Waals surface area contributed by atoms with Gasteiger partial charge in [0, 0.05) is 12.1 Å². The Labute approximate surface area is 104 Å². The van der Waals surface area contributed by atoms with Gasteiger partial charge in [-0.1, -0.05) is 0 Å². The highest BCUT2D eigenvalue weighted by Gasteiger charge is 2.15. The van der Waals surface area contributed by atoms with Gasteiger partial charge in [-0.05, 0) is 30.3 Å². The predicted octanol–water partition coefficient (Wildman–Crippen LogP) is 2.83. The molecule has 4 nitrogen and oxygen atoms in total. The molecule has 4 rings (SSSR count). The lowest BCUT2D eigenvalue weighted by Crippen LogP contribution is -2.16. The Bertz CT molecular complexity index is 698. The Morgan fingerprint density at radius 2 is 2.22 bits per heavy atom. The Balaban J connectivity index is 1.91. The van der Waals surface area contributed by atoms with E-state index in [0.29, 0.717) is 6.61 Å². The second-order valence-electron chi connectivity index (χ2n) is 4.41. The van der Waals surface area contributed by atoms with E-state index >= 15 is 0 Å². The summed E-state index contributed by atoms with van der Waals surface area (Å²) in [6.07, 6.45) is 1.69. The third kappa shape index (κ3) is 1.39. The number of fused-ring (bicyclic) bond motifs is 3. The molecular weight excluding hydrogens is 228 g/mol. The van der Waals surface area contributed by atoms with Gasteiger partial charge in [0.05, 0.1) is 23.9 Å². The summed E-state index contributed by atoms with van der Waals surface area (Å²) >= 11 is 0. The van der Waals surface area contributed by atoms with E-state index in [9.17, 15) is 0 Å². The van der Waals surface area contributed by atoms with Crippen LogP contribution in [0, 0.1) is 0 Å². The summed E-state index contributed by atoms with van der Waals surface area (Å²) in [5.74, 6) is 1.88. The van der Waals surface area contributed by atoms with Crippen LogP contribution in [0.5, 0.6) is 0 Å². The van der Waals surface area contributed by atoms with Gasteiger partial charge in [-0.25, -0.2) is 4.98 Å². The van der Waals surface area contributed by atoms with Gasteiger partial charge in [-0.15, -0.1) is 0 Å². The molecule has 4 heteroatoms. The lowest BCUT2D eigenvalue weighted by Gasteiger charge is -2.14. The van der Waals surface area contributed by atoms with E-state index < -0.39 is 0 Å². The van der Waals surface area contributed by atoms with Crippen molar-refractivity contribution in [3.63, 3.8) is 0 Å². The van der Waals surface area contributed by atoms with Gasteiger partial charge in [0.2, 0.25) is 0 Å². The summed E-state index contributed by atoms with van der Waals surface area (Å²) < 4.78 is 13.1. The molecule has 1 aromatic carbocycles. The Morgan fingerprint density at radius 1 is 1.22 bits per heavy atom. The zero-order chi connectivity index (χ0) is 11.9. The molecule has 0 fully saturated rings. The zero-order valence-electron chi connectivity index (χ0n) is 9.80.